The first-order chi connectivity index (χ1) is 7.77. The third-order valence-corrected chi connectivity index (χ3v) is 4.13. The highest BCUT2D eigenvalue weighted by molar-refractivity contribution is 5.38. The van der Waals surface area contributed by atoms with Crippen molar-refractivity contribution < 1.29 is 12.4 Å². The van der Waals surface area contributed by atoms with Gasteiger partial charge in [-0.1, -0.05) is 36.4 Å². The fourth-order valence-corrected chi connectivity index (χ4v) is 3.53. The van der Waals surface area contributed by atoms with Crippen molar-refractivity contribution in [1.82, 2.24) is 4.90 Å². The summed E-state index contributed by atoms with van der Waals surface area (Å²) in [4.78, 5) is 2.41. The maximum Gasteiger partial charge on any atom is 0.0227 e. The van der Waals surface area contributed by atoms with Gasteiger partial charge in [-0.05, 0) is 44.0 Å². The molecule has 0 aromatic heterocycles. The summed E-state index contributed by atoms with van der Waals surface area (Å²) in [6, 6.07) is 9.69. The van der Waals surface area contributed by atoms with E-state index >= 15 is 0 Å². The lowest BCUT2D eigenvalue weighted by Crippen LogP contribution is -3.00. The molecule has 0 N–H and O–H groups in total. The minimum Gasteiger partial charge on any atom is -1.00 e. The lowest BCUT2D eigenvalue weighted by atomic mass is 9.68. The van der Waals surface area contributed by atoms with Crippen molar-refractivity contribution in [3.63, 3.8) is 0 Å². The summed E-state index contributed by atoms with van der Waals surface area (Å²) in [6.07, 6.45) is 7.23. The van der Waals surface area contributed by atoms with E-state index in [1.165, 1.54) is 12.8 Å². The molecular formula is C15H19ClN-. The monoisotopic (exact) mass is 248 g/mol. The molecule has 1 nitrogen and oxygen atoms in total. The van der Waals surface area contributed by atoms with Crippen LogP contribution in [0.15, 0.2) is 36.4 Å². The normalized spacial score (nSPS) is 29.7. The van der Waals surface area contributed by atoms with Gasteiger partial charge in [-0.2, -0.15) is 0 Å². The van der Waals surface area contributed by atoms with Gasteiger partial charge in [0, 0.05) is 12.0 Å². The average molecular weight is 249 g/mol. The largest absolute Gasteiger partial charge is 1.00 e. The van der Waals surface area contributed by atoms with E-state index in [1.54, 1.807) is 11.1 Å². The smallest absolute Gasteiger partial charge is 0.0227 e. The Labute approximate surface area is 110 Å². The quantitative estimate of drug-likeness (QED) is 0.625. The van der Waals surface area contributed by atoms with E-state index in [4.69, 9.17) is 0 Å². The van der Waals surface area contributed by atoms with Gasteiger partial charge in [0.25, 0.3) is 0 Å². The second kappa shape index (κ2) is 4.83. The van der Waals surface area contributed by atoms with Crippen molar-refractivity contribution in [2.24, 2.45) is 5.92 Å². The van der Waals surface area contributed by atoms with Gasteiger partial charge in [0.05, 0.1) is 0 Å². The van der Waals surface area contributed by atoms with Crippen LogP contribution in [0.2, 0.25) is 0 Å². The van der Waals surface area contributed by atoms with Crippen molar-refractivity contribution in [2.45, 2.75) is 24.8 Å². The SMILES string of the molecule is CN(C)[C@@H]1[C@@H]2C=CC[C@@H]1c1ccccc1C2.[Cl-]. The van der Waals surface area contributed by atoms with Crippen molar-refractivity contribution >= 4 is 0 Å². The molecule has 0 amide bonds. The highest BCUT2D eigenvalue weighted by Crippen LogP contribution is 2.42. The summed E-state index contributed by atoms with van der Waals surface area (Å²) < 4.78 is 0. The standard InChI is InChI=1S/C15H19N.ClH/c1-16(2)15-12-7-5-9-14(15)13-8-4-3-6-11(13)10-12;/h3-8,12,14-15H,9-10H2,1-2H3;1H/p-1/t12-,14-,15-;/m1./s1. The zero-order chi connectivity index (χ0) is 11.1. The van der Waals surface area contributed by atoms with Crippen LogP contribution in [0.25, 0.3) is 0 Å². The van der Waals surface area contributed by atoms with E-state index in [9.17, 15) is 0 Å². The molecule has 3 atom stereocenters. The number of rotatable bonds is 1. The van der Waals surface area contributed by atoms with Gasteiger partial charge in [0.1, 0.15) is 0 Å². The van der Waals surface area contributed by atoms with E-state index in [1.807, 2.05) is 0 Å². The maximum atomic E-state index is 2.43. The van der Waals surface area contributed by atoms with Gasteiger partial charge >= 0.3 is 0 Å². The Morgan fingerprint density at radius 3 is 2.71 bits per heavy atom. The molecule has 1 aromatic rings. The molecule has 2 aliphatic rings. The van der Waals surface area contributed by atoms with Crippen molar-refractivity contribution in [2.75, 3.05) is 14.1 Å². The summed E-state index contributed by atoms with van der Waals surface area (Å²) in [5.41, 5.74) is 3.15. The predicted molar refractivity (Wildman–Crippen MR) is 67.6 cm³/mol. The number of allylic oxidation sites excluding steroid dienone is 1. The number of hydrogen-bond donors (Lipinski definition) is 0. The van der Waals surface area contributed by atoms with Crippen LogP contribution in [-0.2, 0) is 6.42 Å². The van der Waals surface area contributed by atoms with E-state index in [0.717, 1.165) is 0 Å². The number of halogens is 1. The summed E-state index contributed by atoms with van der Waals surface area (Å²) in [5.74, 6) is 1.42. The van der Waals surface area contributed by atoms with Crippen LogP contribution in [-0.4, -0.2) is 25.0 Å². The molecular weight excluding hydrogens is 230 g/mol. The second-order valence-corrected chi connectivity index (χ2v) is 5.29. The molecule has 17 heavy (non-hydrogen) atoms. The highest BCUT2D eigenvalue weighted by Gasteiger charge is 2.37. The van der Waals surface area contributed by atoms with Crippen LogP contribution in [0.3, 0.4) is 0 Å². The minimum absolute atomic E-state index is 0. The Bertz CT molecular complexity index is 425. The van der Waals surface area contributed by atoms with Gasteiger partial charge in [-0.3, -0.25) is 0 Å². The number of nitrogens with zero attached hydrogens (tertiary/aromatic N) is 1. The number of benzene rings is 1. The third-order valence-electron chi connectivity index (χ3n) is 4.13. The van der Waals surface area contributed by atoms with Crippen LogP contribution in [0, 0.1) is 5.92 Å². The molecule has 2 bridgehead atoms. The minimum atomic E-state index is 0. The first-order valence-electron chi connectivity index (χ1n) is 6.18. The molecule has 0 unspecified atom stereocenters. The Morgan fingerprint density at radius 1 is 1.18 bits per heavy atom. The Balaban J connectivity index is 0.00000108. The van der Waals surface area contributed by atoms with Gasteiger partial charge in [0.2, 0.25) is 0 Å². The van der Waals surface area contributed by atoms with Gasteiger partial charge in [-0.15, -0.1) is 0 Å². The predicted octanol–water partition coefficient (Wildman–Crippen LogP) is -0.163. The Morgan fingerprint density at radius 2 is 1.94 bits per heavy atom. The van der Waals surface area contributed by atoms with E-state index in [2.05, 4.69) is 55.4 Å². The average Bonchev–Trinajstić information content (AvgIpc) is 2.28. The third kappa shape index (κ3) is 2.02. The molecule has 0 spiro atoms. The first-order valence-corrected chi connectivity index (χ1v) is 6.18. The van der Waals surface area contributed by atoms with E-state index in [-0.39, 0.29) is 12.4 Å². The van der Waals surface area contributed by atoms with Crippen molar-refractivity contribution in [3.8, 4) is 0 Å². The zero-order valence-electron chi connectivity index (χ0n) is 10.4. The van der Waals surface area contributed by atoms with Crippen molar-refractivity contribution in [3.05, 3.63) is 47.5 Å². The molecule has 1 aromatic carbocycles. The number of likely N-dealkylation sites (N-methyl/N-ethyl adjacent to an activating group) is 1. The topological polar surface area (TPSA) is 3.24 Å². The van der Waals surface area contributed by atoms with Gasteiger partial charge in [-0.25, -0.2) is 0 Å². The van der Waals surface area contributed by atoms with Gasteiger partial charge in [0.15, 0.2) is 0 Å². The second-order valence-electron chi connectivity index (χ2n) is 5.29. The molecule has 0 aliphatic heterocycles. The molecule has 0 fully saturated rings. The highest BCUT2D eigenvalue weighted by atomic mass is 35.5. The van der Waals surface area contributed by atoms with Crippen LogP contribution in [0.1, 0.15) is 23.5 Å². The molecule has 2 aliphatic carbocycles. The molecule has 2 heteroatoms. The summed E-state index contributed by atoms with van der Waals surface area (Å²) in [6.45, 7) is 0. The number of hydrogen-bond acceptors (Lipinski definition) is 1. The molecule has 0 heterocycles. The first kappa shape index (κ1) is 12.7. The van der Waals surface area contributed by atoms with E-state index < -0.39 is 0 Å². The van der Waals surface area contributed by atoms with Gasteiger partial charge < -0.3 is 17.3 Å². The Kier molecular flexibility index (Phi) is 3.60. The summed E-state index contributed by atoms with van der Waals surface area (Å²) in [7, 11) is 4.44. The fourth-order valence-electron chi connectivity index (χ4n) is 3.53. The molecule has 3 rings (SSSR count). The summed E-state index contributed by atoms with van der Waals surface area (Å²) in [5, 5.41) is 0. The molecule has 0 saturated carbocycles. The zero-order valence-corrected chi connectivity index (χ0v) is 11.2. The van der Waals surface area contributed by atoms with Crippen molar-refractivity contribution in [1.29, 1.82) is 0 Å². The van der Waals surface area contributed by atoms with Crippen LogP contribution >= 0.6 is 0 Å². The van der Waals surface area contributed by atoms with Crippen LogP contribution < -0.4 is 12.4 Å². The Hall–Kier alpha value is -0.790. The number of fused-ring (bicyclic) bond motifs is 4. The molecule has 92 valence electrons. The van der Waals surface area contributed by atoms with Crippen LogP contribution in [0.4, 0.5) is 0 Å². The van der Waals surface area contributed by atoms with E-state index in [0.29, 0.717) is 17.9 Å². The lowest BCUT2D eigenvalue weighted by molar-refractivity contribution is -0.00000333. The fraction of sp³-hybridized carbons (Fsp3) is 0.467. The lowest BCUT2D eigenvalue weighted by Gasteiger charge is -2.44. The molecule has 0 saturated heterocycles. The molecule has 0 radical (unpaired) electrons. The maximum absolute atomic E-state index is 2.43. The van der Waals surface area contributed by atoms with Crippen LogP contribution in [0.5, 0.6) is 0 Å². The summed E-state index contributed by atoms with van der Waals surface area (Å²) >= 11 is 0.